The molecule has 0 radical (unpaired) electrons. The lowest BCUT2D eigenvalue weighted by Gasteiger charge is -2.11. The van der Waals surface area contributed by atoms with E-state index in [0.717, 1.165) is 29.5 Å². The average Bonchev–Trinajstić information content (AvgIpc) is 2.76. The monoisotopic (exact) mass is 290 g/mol. The Morgan fingerprint density at radius 2 is 2.00 bits per heavy atom. The van der Waals surface area contributed by atoms with E-state index in [1.54, 1.807) is 12.3 Å². The van der Waals surface area contributed by atoms with E-state index in [0.29, 0.717) is 5.69 Å². The summed E-state index contributed by atoms with van der Waals surface area (Å²) < 4.78 is 51.8. The Bertz CT molecular complexity index is 590. The van der Waals surface area contributed by atoms with Crippen molar-refractivity contribution in [3.63, 3.8) is 0 Å². The fourth-order valence-corrected chi connectivity index (χ4v) is 2.51. The summed E-state index contributed by atoms with van der Waals surface area (Å²) in [4.78, 5) is 4.02. The van der Waals surface area contributed by atoms with E-state index in [1.165, 1.54) is 0 Å². The number of nitrogens with two attached hydrogens (primary N) is 1. The minimum atomic E-state index is -4.55. The molecule has 1 unspecified atom stereocenters. The molecular formula is C12H10F4N2S. The standard InChI is InChI=1S/C12H10F4N2S/c1-6(17)10-5-19-11(18-10)8-4-7(13)2-3-9(8)12(14,15)16/h2-6H,17H2,1H3. The van der Waals surface area contributed by atoms with Crippen molar-refractivity contribution in [1.29, 1.82) is 0 Å². The number of nitrogens with zero attached hydrogens (tertiary/aromatic N) is 1. The molecule has 0 amide bonds. The molecule has 1 heterocycles. The Morgan fingerprint density at radius 1 is 1.32 bits per heavy atom. The molecule has 1 aromatic heterocycles. The fourth-order valence-electron chi connectivity index (χ4n) is 1.56. The van der Waals surface area contributed by atoms with Crippen LogP contribution in [0.2, 0.25) is 0 Å². The van der Waals surface area contributed by atoms with Gasteiger partial charge in [0.2, 0.25) is 0 Å². The Balaban J connectivity index is 2.56. The predicted molar refractivity (Wildman–Crippen MR) is 65.1 cm³/mol. The van der Waals surface area contributed by atoms with Gasteiger partial charge in [-0.2, -0.15) is 13.2 Å². The van der Waals surface area contributed by atoms with Crippen LogP contribution in [0.3, 0.4) is 0 Å². The summed E-state index contributed by atoms with van der Waals surface area (Å²) in [6.07, 6.45) is -4.55. The Labute approximate surface area is 110 Å². The highest BCUT2D eigenvalue weighted by molar-refractivity contribution is 7.13. The van der Waals surface area contributed by atoms with Gasteiger partial charge in [0.05, 0.1) is 11.3 Å². The molecule has 0 spiro atoms. The predicted octanol–water partition coefficient (Wildman–Crippen LogP) is 3.99. The Hall–Kier alpha value is -1.47. The quantitative estimate of drug-likeness (QED) is 0.849. The van der Waals surface area contributed by atoms with Crippen LogP contribution in [0.25, 0.3) is 10.6 Å². The highest BCUT2D eigenvalue weighted by atomic mass is 32.1. The second-order valence-corrected chi connectivity index (χ2v) is 4.91. The molecule has 0 saturated carbocycles. The summed E-state index contributed by atoms with van der Waals surface area (Å²) in [6.45, 7) is 1.68. The van der Waals surface area contributed by atoms with Gasteiger partial charge in [0, 0.05) is 17.0 Å². The summed E-state index contributed by atoms with van der Waals surface area (Å²) in [6, 6.07) is 1.96. The minimum absolute atomic E-state index is 0.110. The van der Waals surface area contributed by atoms with Gasteiger partial charge in [0.15, 0.2) is 0 Å². The molecule has 19 heavy (non-hydrogen) atoms. The summed E-state index contributed by atoms with van der Waals surface area (Å²) >= 11 is 1.01. The van der Waals surface area contributed by atoms with Gasteiger partial charge >= 0.3 is 6.18 Å². The first kappa shape index (κ1) is 14.0. The van der Waals surface area contributed by atoms with Gasteiger partial charge < -0.3 is 5.73 Å². The summed E-state index contributed by atoms with van der Waals surface area (Å²) in [5, 5.41) is 1.68. The van der Waals surface area contributed by atoms with Crippen molar-refractivity contribution in [2.45, 2.75) is 19.1 Å². The van der Waals surface area contributed by atoms with Crippen LogP contribution in [-0.2, 0) is 6.18 Å². The van der Waals surface area contributed by atoms with Crippen molar-refractivity contribution in [3.05, 3.63) is 40.7 Å². The SMILES string of the molecule is CC(N)c1csc(-c2cc(F)ccc2C(F)(F)F)n1. The molecule has 1 atom stereocenters. The summed E-state index contributed by atoms with van der Waals surface area (Å²) in [5.74, 6) is -0.736. The second-order valence-electron chi connectivity index (χ2n) is 4.05. The molecule has 0 aliphatic rings. The third-order valence-electron chi connectivity index (χ3n) is 2.51. The summed E-state index contributed by atoms with van der Waals surface area (Å²) in [5.41, 5.74) is 4.93. The third-order valence-corrected chi connectivity index (χ3v) is 3.40. The first-order valence-corrected chi connectivity index (χ1v) is 6.25. The van der Waals surface area contributed by atoms with Crippen molar-refractivity contribution >= 4 is 11.3 Å². The van der Waals surface area contributed by atoms with E-state index in [-0.39, 0.29) is 16.6 Å². The van der Waals surface area contributed by atoms with Gasteiger partial charge in [-0.25, -0.2) is 9.37 Å². The van der Waals surface area contributed by atoms with Gasteiger partial charge in [-0.05, 0) is 25.1 Å². The van der Waals surface area contributed by atoms with Crippen LogP contribution in [-0.4, -0.2) is 4.98 Å². The topological polar surface area (TPSA) is 38.9 Å². The van der Waals surface area contributed by atoms with E-state index >= 15 is 0 Å². The lowest BCUT2D eigenvalue weighted by atomic mass is 10.1. The molecule has 2 nitrogen and oxygen atoms in total. The first-order chi connectivity index (χ1) is 8.79. The van der Waals surface area contributed by atoms with Crippen molar-refractivity contribution < 1.29 is 17.6 Å². The van der Waals surface area contributed by atoms with Crippen molar-refractivity contribution in [2.75, 3.05) is 0 Å². The van der Waals surface area contributed by atoms with Crippen LogP contribution < -0.4 is 5.73 Å². The maximum Gasteiger partial charge on any atom is 0.417 e. The number of hydrogen-bond acceptors (Lipinski definition) is 3. The maximum absolute atomic E-state index is 13.2. The third kappa shape index (κ3) is 2.93. The van der Waals surface area contributed by atoms with E-state index in [9.17, 15) is 17.6 Å². The van der Waals surface area contributed by atoms with Gasteiger partial charge in [0.1, 0.15) is 10.8 Å². The van der Waals surface area contributed by atoms with Gasteiger partial charge in [-0.1, -0.05) is 0 Å². The molecule has 2 rings (SSSR count). The molecule has 0 aliphatic carbocycles. The zero-order chi connectivity index (χ0) is 14.2. The van der Waals surface area contributed by atoms with E-state index in [4.69, 9.17) is 5.73 Å². The molecule has 0 aliphatic heterocycles. The number of alkyl halides is 3. The molecular weight excluding hydrogens is 280 g/mol. The van der Waals surface area contributed by atoms with Crippen LogP contribution in [0.1, 0.15) is 24.2 Å². The highest BCUT2D eigenvalue weighted by Crippen LogP contribution is 2.38. The smallest absolute Gasteiger partial charge is 0.323 e. The van der Waals surface area contributed by atoms with Gasteiger partial charge in [0.25, 0.3) is 0 Å². The largest absolute Gasteiger partial charge is 0.417 e. The van der Waals surface area contributed by atoms with Crippen LogP contribution in [0, 0.1) is 5.82 Å². The number of benzene rings is 1. The average molecular weight is 290 g/mol. The van der Waals surface area contributed by atoms with Crippen LogP contribution >= 0.6 is 11.3 Å². The summed E-state index contributed by atoms with van der Waals surface area (Å²) in [7, 11) is 0. The molecule has 0 bridgehead atoms. The molecule has 0 fully saturated rings. The fraction of sp³-hybridized carbons (Fsp3) is 0.250. The molecule has 2 aromatic rings. The highest BCUT2D eigenvalue weighted by Gasteiger charge is 2.34. The zero-order valence-corrected chi connectivity index (χ0v) is 10.6. The Kier molecular flexibility index (Phi) is 3.60. The molecule has 102 valence electrons. The number of halogens is 4. The molecule has 2 N–H and O–H groups in total. The van der Waals surface area contributed by atoms with E-state index in [1.807, 2.05) is 0 Å². The van der Waals surface area contributed by atoms with Crippen LogP contribution in [0.4, 0.5) is 17.6 Å². The van der Waals surface area contributed by atoms with E-state index in [2.05, 4.69) is 4.98 Å². The van der Waals surface area contributed by atoms with Crippen LogP contribution in [0.5, 0.6) is 0 Å². The van der Waals surface area contributed by atoms with Gasteiger partial charge in [-0.3, -0.25) is 0 Å². The minimum Gasteiger partial charge on any atom is -0.323 e. The van der Waals surface area contributed by atoms with Gasteiger partial charge in [-0.15, -0.1) is 11.3 Å². The van der Waals surface area contributed by atoms with Crippen molar-refractivity contribution in [1.82, 2.24) is 4.98 Å². The lowest BCUT2D eigenvalue weighted by Crippen LogP contribution is -2.08. The number of hydrogen-bond donors (Lipinski definition) is 1. The lowest BCUT2D eigenvalue weighted by molar-refractivity contribution is -0.137. The first-order valence-electron chi connectivity index (χ1n) is 5.37. The zero-order valence-electron chi connectivity index (χ0n) is 9.83. The number of rotatable bonds is 2. The maximum atomic E-state index is 13.2. The molecule has 1 aromatic carbocycles. The molecule has 0 saturated heterocycles. The number of aromatic nitrogens is 1. The molecule has 7 heteroatoms. The normalized spacial score (nSPS) is 13.6. The van der Waals surface area contributed by atoms with Crippen LogP contribution in [0.15, 0.2) is 23.6 Å². The Morgan fingerprint density at radius 3 is 2.53 bits per heavy atom. The second kappa shape index (κ2) is 4.90. The van der Waals surface area contributed by atoms with Crippen molar-refractivity contribution in [3.8, 4) is 10.6 Å². The van der Waals surface area contributed by atoms with Crippen molar-refractivity contribution in [2.24, 2.45) is 5.73 Å². The van der Waals surface area contributed by atoms with E-state index < -0.39 is 17.6 Å². The number of thiazole rings is 1.